The van der Waals surface area contributed by atoms with E-state index in [-0.39, 0.29) is 10.8 Å². The molecule has 2 bridgehead atoms. The Bertz CT molecular complexity index is 279. The van der Waals surface area contributed by atoms with Crippen molar-refractivity contribution in [1.82, 2.24) is 0 Å². The largest absolute Gasteiger partial charge is 0.376 e. The number of fused-ring (bicyclic) bond motifs is 2. The van der Waals surface area contributed by atoms with Crippen molar-refractivity contribution in [1.29, 1.82) is 0 Å². The Hall–Kier alpha value is -0.480. The maximum absolute atomic E-state index is 10.5. The molecular weight excluding hydrogens is 160 g/mol. The van der Waals surface area contributed by atoms with Crippen LogP contribution in [-0.4, -0.2) is 10.7 Å². The maximum atomic E-state index is 10.5. The zero-order valence-corrected chi connectivity index (χ0v) is 8.72. The third kappa shape index (κ3) is 0.742. The molecule has 1 nitrogen and oxygen atoms in total. The average molecular weight is 178 g/mol. The van der Waals surface area contributed by atoms with E-state index in [2.05, 4.69) is 26.7 Å². The van der Waals surface area contributed by atoms with Gasteiger partial charge in [0.25, 0.3) is 0 Å². The molecule has 72 valence electrons. The van der Waals surface area contributed by atoms with E-state index >= 15 is 0 Å². The Morgan fingerprint density at radius 1 is 1.38 bits per heavy atom. The molecule has 2 saturated carbocycles. The SMILES string of the molecule is C#C[C@@]1(O)C(C)(C)[C@H]2CC[C@]1(C)C2. The second-order valence-electron chi connectivity index (χ2n) is 5.58. The molecule has 2 aliphatic carbocycles. The molecule has 0 aromatic heterocycles. The van der Waals surface area contributed by atoms with Gasteiger partial charge in [0.1, 0.15) is 5.60 Å². The lowest BCUT2D eigenvalue weighted by molar-refractivity contribution is -0.0952. The highest BCUT2D eigenvalue weighted by molar-refractivity contribution is 5.29. The van der Waals surface area contributed by atoms with Gasteiger partial charge in [0.15, 0.2) is 0 Å². The van der Waals surface area contributed by atoms with Crippen LogP contribution in [0.4, 0.5) is 0 Å². The average Bonchev–Trinajstić information content (AvgIpc) is 2.51. The fourth-order valence-electron chi connectivity index (χ4n) is 3.62. The second-order valence-corrected chi connectivity index (χ2v) is 5.58. The minimum absolute atomic E-state index is 0.0318. The Balaban J connectivity index is 2.53. The molecule has 0 aromatic carbocycles. The summed E-state index contributed by atoms with van der Waals surface area (Å²) in [6.45, 7) is 6.37. The van der Waals surface area contributed by atoms with Crippen LogP contribution in [0.1, 0.15) is 40.0 Å². The summed E-state index contributed by atoms with van der Waals surface area (Å²) < 4.78 is 0. The molecule has 2 fully saturated rings. The van der Waals surface area contributed by atoms with Crippen molar-refractivity contribution in [2.24, 2.45) is 16.7 Å². The summed E-state index contributed by atoms with van der Waals surface area (Å²) in [5, 5.41) is 10.5. The summed E-state index contributed by atoms with van der Waals surface area (Å²) in [5.41, 5.74) is -1.02. The Labute approximate surface area is 80.5 Å². The predicted molar refractivity (Wildman–Crippen MR) is 53.0 cm³/mol. The molecule has 0 aromatic rings. The van der Waals surface area contributed by atoms with Crippen LogP contribution in [0.2, 0.25) is 0 Å². The van der Waals surface area contributed by atoms with Gasteiger partial charge in [0, 0.05) is 10.8 Å². The van der Waals surface area contributed by atoms with E-state index in [0.717, 1.165) is 12.8 Å². The van der Waals surface area contributed by atoms with E-state index in [0.29, 0.717) is 5.92 Å². The molecule has 0 radical (unpaired) electrons. The number of hydrogen-bond donors (Lipinski definition) is 1. The first kappa shape index (κ1) is 9.09. The van der Waals surface area contributed by atoms with Crippen molar-refractivity contribution < 1.29 is 5.11 Å². The topological polar surface area (TPSA) is 20.2 Å². The van der Waals surface area contributed by atoms with Crippen molar-refractivity contribution >= 4 is 0 Å². The summed E-state index contributed by atoms with van der Waals surface area (Å²) in [5.74, 6) is 3.27. The van der Waals surface area contributed by atoms with E-state index in [1.165, 1.54) is 6.42 Å². The van der Waals surface area contributed by atoms with Gasteiger partial charge in [-0.3, -0.25) is 0 Å². The van der Waals surface area contributed by atoms with Gasteiger partial charge >= 0.3 is 0 Å². The van der Waals surface area contributed by atoms with Crippen LogP contribution < -0.4 is 0 Å². The molecule has 0 amide bonds. The zero-order chi connectivity index (χ0) is 9.91. The lowest BCUT2D eigenvalue weighted by Gasteiger charge is -2.47. The highest BCUT2D eigenvalue weighted by atomic mass is 16.3. The molecule has 2 aliphatic rings. The fourth-order valence-corrected chi connectivity index (χ4v) is 3.62. The molecule has 1 N–H and O–H groups in total. The van der Waals surface area contributed by atoms with Crippen LogP contribution in [-0.2, 0) is 0 Å². The number of terminal acetylenes is 1. The molecule has 0 unspecified atom stereocenters. The minimum Gasteiger partial charge on any atom is -0.376 e. The molecule has 13 heavy (non-hydrogen) atoms. The van der Waals surface area contributed by atoms with Crippen molar-refractivity contribution in [3.05, 3.63) is 0 Å². The highest BCUT2D eigenvalue weighted by Gasteiger charge is 2.67. The van der Waals surface area contributed by atoms with Crippen LogP contribution in [0.5, 0.6) is 0 Å². The van der Waals surface area contributed by atoms with Gasteiger partial charge < -0.3 is 5.11 Å². The van der Waals surface area contributed by atoms with Gasteiger partial charge in [-0.25, -0.2) is 0 Å². The van der Waals surface area contributed by atoms with Gasteiger partial charge in [0.2, 0.25) is 0 Å². The van der Waals surface area contributed by atoms with Crippen LogP contribution in [0, 0.1) is 29.1 Å². The summed E-state index contributed by atoms with van der Waals surface area (Å²) in [4.78, 5) is 0. The first-order chi connectivity index (χ1) is 5.87. The monoisotopic (exact) mass is 178 g/mol. The van der Waals surface area contributed by atoms with Crippen molar-refractivity contribution in [3.63, 3.8) is 0 Å². The third-order valence-electron chi connectivity index (χ3n) is 4.78. The van der Waals surface area contributed by atoms with E-state index in [1.807, 2.05) is 0 Å². The Morgan fingerprint density at radius 3 is 2.31 bits per heavy atom. The molecule has 0 saturated heterocycles. The van der Waals surface area contributed by atoms with Crippen molar-refractivity contribution in [2.75, 3.05) is 0 Å². The van der Waals surface area contributed by atoms with Crippen molar-refractivity contribution in [3.8, 4) is 12.3 Å². The molecule has 2 rings (SSSR count). The van der Waals surface area contributed by atoms with E-state index in [9.17, 15) is 5.11 Å². The third-order valence-corrected chi connectivity index (χ3v) is 4.78. The molecule has 0 heterocycles. The summed E-state index contributed by atoms with van der Waals surface area (Å²) in [6.07, 6.45) is 8.93. The maximum Gasteiger partial charge on any atom is 0.135 e. The number of rotatable bonds is 0. The van der Waals surface area contributed by atoms with Gasteiger partial charge in [-0.2, -0.15) is 0 Å². The summed E-state index contributed by atoms with van der Waals surface area (Å²) >= 11 is 0. The minimum atomic E-state index is -0.886. The lowest BCUT2D eigenvalue weighted by Crippen LogP contribution is -2.52. The molecule has 3 atom stereocenters. The highest BCUT2D eigenvalue weighted by Crippen LogP contribution is 2.67. The van der Waals surface area contributed by atoms with E-state index < -0.39 is 5.60 Å². The van der Waals surface area contributed by atoms with Gasteiger partial charge in [0.05, 0.1) is 0 Å². The molecule has 0 aliphatic heterocycles. The summed E-state index contributed by atoms with van der Waals surface area (Å²) in [6, 6.07) is 0. The number of hydrogen-bond acceptors (Lipinski definition) is 1. The van der Waals surface area contributed by atoms with Gasteiger partial charge in [-0.1, -0.05) is 26.7 Å². The Kier molecular flexibility index (Phi) is 1.48. The van der Waals surface area contributed by atoms with Gasteiger partial charge in [-0.05, 0) is 25.2 Å². The van der Waals surface area contributed by atoms with Crippen molar-refractivity contribution in [2.45, 2.75) is 45.6 Å². The summed E-state index contributed by atoms with van der Waals surface area (Å²) in [7, 11) is 0. The molecule has 1 heteroatoms. The number of aliphatic hydroxyl groups is 1. The van der Waals surface area contributed by atoms with Crippen LogP contribution >= 0.6 is 0 Å². The quantitative estimate of drug-likeness (QED) is 0.564. The first-order valence-electron chi connectivity index (χ1n) is 5.07. The predicted octanol–water partition coefficient (Wildman–Crippen LogP) is 2.20. The molecular formula is C12H18O. The van der Waals surface area contributed by atoms with E-state index in [1.54, 1.807) is 0 Å². The molecule has 0 spiro atoms. The standard InChI is InChI=1S/C12H18O/c1-5-12(13)10(2,3)9-6-7-11(12,4)8-9/h1,9,13H,6-8H2,2-4H3/t9-,11+,12+/m0/s1. The van der Waals surface area contributed by atoms with Crippen LogP contribution in [0.25, 0.3) is 0 Å². The lowest BCUT2D eigenvalue weighted by atomic mass is 9.61. The van der Waals surface area contributed by atoms with E-state index in [4.69, 9.17) is 6.42 Å². The normalized spacial score (nSPS) is 52.1. The Morgan fingerprint density at radius 2 is 2.00 bits per heavy atom. The second kappa shape index (κ2) is 2.12. The fraction of sp³-hybridized carbons (Fsp3) is 0.833. The van der Waals surface area contributed by atoms with Gasteiger partial charge in [-0.15, -0.1) is 6.42 Å². The van der Waals surface area contributed by atoms with Crippen LogP contribution in [0.3, 0.4) is 0 Å². The zero-order valence-electron chi connectivity index (χ0n) is 8.72. The smallest absolute Gasteiger partial charge is 0.135 e. The van der Waals surface area contributed by atoms with Crippen LogP contribution in [0.15, 0.2) is 0 Å². The first-order valence-corrected chi connectivity index (χ1v) is 5.07.